The summed E-state index contributed by atoms with van der Waals surface area (Å²) in [6.07, 6.45) is 0.403. The van der Waals surface area contributed by atoms with E-state index in [1.807, 2.05) is 12.1 Å². The molecule has 144 valence electrons. The van der Waals surface area contributed by atoms with Crippen molar-refractivity contribution in [1.82, 2.24) is 15.6 Å². The number of nitrogens with one attached hydrogen (secondary N) is 2. The van der Waals surface area contributed by atoms with Crippen LogP contribution in [-0.2, 0) is 19.0 Å². The third kappa shape index (κ3) is 7.07. The van der Waals surface area contributed by atoms with Gasteiger partial charge >= 0.3 is 6.18 Å². The molecule has 2 N–H and O–H groups in total. The van der Waals surface area contributed by atoms with Crippen LogP contribution in [0.2, 0.25) is 0 Å². The second-order valence-corrected chi connectivity index (χ2v) is 6.58. The van der Waals surface area contributed by atoms with Crippen LogP contribution in [0.5, 0.6) is 0 Å². The highest BCUT2D eigenvalue weighted by molar-refractivity contribution is 7.09. The van der Waals surface area contributed by atoms with Crippen molar-refractivity contribution < 1.29 is 17.6 Å². The monoisotopic (exact) mass is 388 g/mol. The number of aromatic nitrogens is 1. The Morgan fingerprint density at radius 2 is 2.04 bits per heavy atom. The van der Waals surface area contributed by atoms with E-state index in [-0.39, 0.29) is 0 Å². The van der Waals surface area contributed by atoms with E-state index in [0.717, 1.165) is 41.7 Å². The van der Waals surface area contributed by atoms with Crippen LogP contribution < -0.4 is 10.6 Å². The van der Waals surface area contributed by atoms with Crippen molar-refractivity contribution in [3.05, 3.63) is 40.2 Å². The van der Waals surface area contributed by atoms with Gasteiger partial charge in [-0.25, -0.2) is 4.98 Å². The first-order chi connectivity index (χ1) is 12.5. The molecule has 0 spiro atoms. The zero-order valence-corrected chi connectivity index (χ0v) is 15.4. The van der Waals surface area contributed by atoms with Gasteiger partial charge in [0, 0.05) is 37.9 Å². The molecule has 26 heavy (non-hydrogen) atoms. The van der Waals surface area contributed by atoms with Crippen LogP contribution in [0.25, 0.3) is 0 Å². The van der Waals surface area contributed by atoms with E-state index in [4.69, 9.17) is 4.42 Å². The maximum atomic E-state index is 12.6. The van der Waals surface area contributed by atoms with Gasteiger partial charge in [0.25, 0.3) is 0 Å². The van der Waals surface area contributed by atoms with Gasteiger partial charge in [0.1, 0.15) is 5.76 Å². The van der Waals surface area contributed by atoms with Gasteiger partial charge in [0.15, 0.2) is 11.7 Å². The number of aliphatic imine (C=N–C) groups is 1. The molecular weight excluding hydrogens is 365 g/mol. The summed E-state index contributed by atoms with van der Waals surface area (Å²) in [5.74, 6) is 1.53. The summed E-state index contributed by atoms with van der Waals surface area (Å²) < 4.78 is 43.0. The molecule has 0 aromatic carbocycles. The Balaban J connectivity index is 1.79. The molecule has 5 nitrogen and oxygen atoms in total. The zero-order chi connectivity index (χ0) is 18.8. The lowest BCUT2D eigenvalue weighted by Gasteiger charge is -2.11. The van der Waals surface area contributed by atoms with Gasteiger partial charge < -0.3 is 15.1 Å². The van der Waals surface area contributed by atoms with Crippen molar-refractivity contribution in [2.24, 2.45) is 4.99 Å². The maximum Gasteiger partial charge on any atom is 0.434 e. The number of unbranched alkanes of at least 4 members (excludes halogenated alkanes) is 1. The molecule has 2 aromatic rings. The average molecular weight is 388 g/mol. The van der Waals surface area contributed by atoms with Crippen LogP contribution in [0.15, 0.2) is 33.2 Å². The number of halogens is 3. The Labute approximate surface area is 154 Å². The third-order valence-corrected chi connectivity index (χ3v) is 4.41. The molecule has 0 aliphatic rings. The zero-order valence-electron chi connectivity index (χ0n) is 14.6. The summed E-state index contributed by atoms with van der Waals surface area (Å²) in [5, 5.41) is 7.86. The lowest BCUT2D eigenvalue weighted by molar-refractivity contribution is -0.140. The lowest BCUT2D eigenvalue weighted by Crippen LogP contribution is -2.39. The summed E-state index contributed by atoms with van der Waals surface area (Å²) in [6, 6.07) is 3.75. The van der Waals surface area contributed by atoms with Gasteiger partial charge in [-0.05, 0) is 18.6 Å². The smallest absolute Gasteiger partial charge is 0.434 e. The predicted molar refractivity (Wildman–Crippen MR) is 96.4 cm³/mol. The van der Waals surface area contributed by atoms with Crippen molar-refractivity contribution in [3.8, 4) is 0 Å². The van der Waals surface area contributed by atoms with E-state index in [2.05, 4.69) is 27.5 Å². The van der Waals surface area contributed by atoms with Gasteiger partial charge in [-0.3, -0.25) is 4.99 Å². The third-order valence-electron chi connectivity index (χ3n) is 3.50. The Morgan fingerprint density at radius 1 is 1.27 bits per heavy atom. The van der Waals surface area contributed by atoms with E-state index in [1.54, 1.807) is 6.26 Å². The lowest BCUT2D eigenvalue weighted by atomic mass is 10.3. The van der Waals surface area contributed by atoms with Crippen molar-refractivity contribution in [2.75, 3.05) is 19.6 Å². The van der Waals surface area contributed by atoms with Crippen LogP contribution in [0.4, 0.5) is 13.2 Å². The normalized spacial score (nSPS) is 12.4. The average Bonchev–Trinajstić information content (AvgIpc) is 3.25. The van der Waals surface area contributed by atoms with Gasteiger partial charge in [-0.2, -0.15) is 13.2 Å². The first-order valence-corrected chi connectivity index (χ1v) is 9.43. The molecule has 0 atom stereocenters. The molecule has 2 rings (SSSR count). The van der Waals surface area contributed by atoms with Gasteiger partial charge in [-0.15, -0.1) is 11.3 Å². The van der Waals surface area contributed by atoms with Gasteiger partial charge in [-0.1, -0.05) is 13.3 Å². The number of hydrogen-bond donors (Lipinski definition) is 2. The summed E-state index contributed by atoms with van der Waals surface area (Å²) in [7, 11) is 0. The standard InChI is InChI=1S/C17H23F3N4OS/c1-2-3-8-21-16(22-9-6-13-5-4-11-25-13)23-10-7-15-24-14(12-26-15)17(18,19)20/h4-5,11-12H,2-3,6-10H2,1H3,(H2,21,22,23). The number of guanidine groups is 1. The fraction of sp³-hybridized carbons (Fsp3) is 0.529. The first kappa shape index (κ1) is 20.3. The van der Waals surface area contributed by atoms with Crippen LogP contribution in [0.1, 0.15) is 36.2 Å². The molecule has 9 heteroatoms. The number of furan rings is 1. The number of nitrogens with zero attached hydrogens (tertiary/aromatic N) is 2. The highest BCUT2D eigenvalue weighted by Crippen LogP contribution is 2.29. The Morgan fingerprint density at radius 3 is 2.65 bits per heavy atom. The van der Waals surface area contributed by atoms with Crippen LogP contribution in [0.3, 0.4) is 0 Å². The first-order valence-electron chi connectivity index (χ1n) is 8.55. The Kier molecular flexibility index (Phi) is 7.96. The second-order valence-electron chi connectivity index (χ2n) is 5.64. The molecule has 0 amide bonds. The van der Waals surface area contributed by atoms with E-state index in [1.165, 1.54) is 0 Å². The van der Waals surface area contributed by atoms with Crippen molar-refractivity contribution in [1.29, 1.82) is 0 Å². The quantitative estimate of drug-likeness (QED) is 0.389. The second kappa shape index (κ2) is 10.2. The molecule has 0 saturated heterocycles. The highest BCUT2D eigenvalue weighted by atomic mass is 32.1. The molecule has 0 aliphatic heterocycles. The van der Waals surface area contributed by atoms with Crippen LogP contribution in [0, 0.1) is 0 Å². The van der Waals surface area contributed by atoms with Gasteiger partial charge in [0.2, 0.25) is 0 Å². The molecule has 0 aliphatic carbocycles. The van der Waals surface area contributed by atoms with Gasteiger partial charge in [0.05, 0.1) is 11.3 Å². The minimum atomic E-state index is -4.39. The maximum absolute atomic E-state index is 12.6. The fourth-order valence-electron chi connectivity index (χ4n) is 2.13. The summed E-state index contributed by atoms with van der Waals surface area (Å²) in [6.45, 7) is 3.90. The number of hydrogen-bond acceptors (Lipinski definition) is 4. The molecular formula is C17H23F3N4OS. The number of alkyl halides is 3. The number of thiazole rings is 1. The van der Waals surface area contributed by atoms with E-state index in [0.29, 0.717) is 37.0 Å². The Hall–Kier alpha value is -2.03. The molecule has 2 heterocycles. The molecule has 0 saturated carbocycles. The molecule has 2 aromatic heterocycles. The summed E-state index contributed by atoms with van der Waals surface area (Å²) >= 11 is 1.02. The highest BCUT2D eigenvalue weighted by Gasteiger charge is 2.33. The Bertz CT molecular complexity index is 668. The van der Waals surface area contributed by atoms with E-state index < -0.39 is 11.9 Å². The minimum Gasteiger partial charge on any atom is -0.469 e. The van der Waals surface area contributed by atoms with Crippen molar-refractivity contribution in [3.63, 3.8) is 0 Å². The number of rotatable bonds is 9. The van der Waals surface area contributed by atoms with Crippen LogP contribution in [-0.4, -0.2) is 30.6 Å². The van der Waals surface area contributed by atoms with E-state index in [9.17, 15) is 13.2 Å². The summed E-state index contributed by atoms with van der Waals surface area (Å²) in [4.78, 5) is 8.11. The molecule has 0 fully saturated rings. The topological polar surface area (TPSA) is 62.5 Å². The van der Waals surface area contributed by atoms with E-state index >= 15 is 0 Å². The van der Waals surface area contributed by atoms with Crippen molar-refractivity contribution in [2.45, 2.75) is 38.8 Å². The minimum absolute atomic E-state index is 0.410. The molecule has 0 radical (unpaired) electrons. The van der Waals surface area contributed by atoms with Crippen molar-refractivity contribution >= 4 is 17.3 Å². The fourth-order valence-corrected chi connectivity index (χ4v) is 2.93. The SMILES string of the molecule is CCCCN=C(NCCc1ccco1)NCCc1nc(C(F)(F)F)cs1. The molecule has 0 bridgehead atoms. The molecule has 0 unspecified atom stereocenters. The predicted octanol–water partition coefficient (Wildman–Crippen LogP) is 3.88. The van der Waals surface area contributed by atoms with Crippen LogP contribution >= 0.6 is 11.3 Å². The largest absolute Gasteiger partial charge is 0.469 e. The summed E-state index contributed by atoms with van der Waals surface area (Å²) in [5.41, 5.74) is -0.828.